The standard InChI is InChI=1S/C16H14ClN5O2.C16H14ClN5OS.C16H14FN5O2.2C16H14FN5OS.C16H14FN5S2/c4*1-9-19-13-14(12(17)7-11(8-18)15(13)24-9)22-10(2)20-5-3-4-6-21(20)16(22)23;1-9-19-13-14(12(17)7-11(8-18)15(13)23-9)22-10(2)20-5-3-4-6-21(20)16(22)24;1-9-19-13-14(12(17)7-11(8-18)15(13)24-9)22-10(2)20-5-3-4-6-21(20)16(22)23/h6*7H,2-6H2,1H3. The molecule has 0 radical (unpaired) electrons. The van der Waals surface area contributed by atoms with Crippen molar-refractivity contribution in [3.05, 3.63) is 210 Å². The molecule has 12 aliphatic heterocycles. The minimum atomic E-state index is -0.706. The van der Waals surface area contributed by atoms with Crippen molar-refractivity contribution < 1.29 is 50.0 Å². The largest absolute Gasteiger partial charge is 0.440 e. The highest BCUT2D eigenvalue weighted by Gasteiger charge is 2.50. The van der Waals surface area contributed by atoms with E-state index in [0.717, 1.165) is 143 Å². The van der Waals surface area contributed by atoms with E-state index >= 15 is 0 Å². The maximum Gasteiger partial charge on any atom is 0.349 e. The zero-order valence-electron chi connectivity index (χ0n) is 78.3. The lowest BCUT2D eigenvalue weighted by molar-refractivity contribution is 0.0499. The van der Waals surface area contributed by atoms with Crippen molar-refractivity contribution in [2.45, 2.75) is 119 Å². The number of urea groups is 4. The molecular weight excluding hydrogens is 1990 g/mol. The van der Waals surface area contributed by atoms with Gasteiger partial charge in [0.1, 0.15) is 144 Å². The number of hydrogen-bond acceptors (Lipinski definition) is 30. The van der Waals surface area contributed by atoms with Crippen LogP contribution in [0.3, 0.4) is 0 Å². The number of anilines is 6. The summed E-state index contributed by atoms with van der Waals surface area (Å²) in [6.45, 7) is 43.2. The van der Waals surface area contributed by atoms with E-state index in [-0.39, 0.29) is 96.3 Å². The zero-order valence-corrected chi connectivity index (χ0v) is 83.9. The van der Waals surface area contributed by atoms with Gasteiger partial charge in [-0.2, -0.15) is 31.6 Å². The van der Waals surface area contributed by atoms with Crippen LogP contribution in [0, 0.1) is 133 Å². The number of thiocarbonyl (C=S) groups is 2. The molecule has 0 saturated carbocycles. The number of fused-ring (bicyclic) bond motifs is 12. The van der Waals surface area contributed by atoms with Crippen LogP contribution < -0.4 is 29.4 Å². The highest BCUT2D eigenvalue weighted by atomic mass is 35.5. The van der Waals surface area contributed by atoms with Gasteiger partial charge in [0.25, 0.3) is 0 Å². The van der Waals surface area contributed by atoms with Crippen LogP contribution in [0.4, 0.5) is 70.9 Å². The van der Waals surface area contributed by atoms with Crippen LogP contribution >= 0.6 is 81.6 Å². The van der Waals surface area contributed by atoms with Crippen molar-refractivity contribution in [3.8, 4) is 36.4 Å². The number of carbonyl (C=O) groups excluding carboxylic acids is 4. The summed E-state index contributed by atoms with van der Waals surface area (Å²) < 4.78 is 77.8. The molecule has 48 heteroatoms. The number of hydrogen-bond donors (Lipinski definition) is 0. The fourth-order valence-corrected chi connectivity index (χ4v) is 23.4. The summed E-state index contributed by atoms with van der Waals surface area (Å²) in [5, 5.41) is 81.1. The molecule has 732 valence electrons. The Labute approximate surface area is 852 Å². The summed E-state index contributed by atoms with van der Waals surface area (Å²) in [5.41, 5.74) is 5.89. The first-order valence-electron chi connectivity index (χ1n) is 45.6. The summed E-state index contributed by atoms with van der Waals surface area (Å²) in [6.07, 6.45) is 11.8. The normalized spacial score (nSPS) is 17.6. The predicted molar refractivity (Wildman–Crippen MR) is 540 cm³/mol. The number of carbonyl (C=O) groups is 4. The van der Waals surface area contributed by atoms with Crippen molar-refractivity contribution in [1.29, 1.82) is 31.6 Å². The molecule has 12 fully saturated rings. The van der Waals surface area contributed by atoms with E-state index in [1.165, 1.54) is 71.8 Å². The quantitative estimate of drug-likeness (QED) is 0.110. The molecule has 12 aliphatic rings. The lowest BCUT2D eigenvalue weighted by atomic mass is 10.1. The van der Waals surface area contributed by atoms with Crippen LogP contribution in [0.1, 0.15) is 143 Å². The van der Waals surface area contributed by atoms with Crippen LogP contribution in [0.2, 0.25) is 10.0 Å². The van der Waals surface area contributed by atoms with E-state index in [1.807, 2.05) is 68.2 Å². The third kappa shape index (κ3) is 16.2. The number of oxazole rings is 3. The number of rotatable bonds is 6. The second kappa shape index (κ2) is 38.3. The lowest BCUT2D eigenvalue weighted by Gasteiger charge is -2.33. The van der Waals surface area contributed by atoms with Gasteiger partial charge in [0.2, 0.25) is 10.2 Å². The average Bonchev–Trinajstić information content (AvgIpc) is 1.60. The van der Waals surface area contributed by atoms with Gasteiger partial charge in [0, 0.05) is 99.3 Å². The molecule has 0 spiro atoms. The second-order valence-electron chi connectivity index (χ2n) is 34.6. The second-order valence-corrected chi connectivity index (χ2v) is 39.7. The van der Waals surface area contributed by atoms with Gasteiger partial charge in [-0.25, -0.2) is 106 Å². The van der Waals surface area contributed by atoms with E-state index in [2.05, 4.69) is 81.5 Å². The van der Waals surface area contributed by atoms with Gasteiger partial charge in [-0.05, 0) is 159 Å². The minimum Gasteiger partial charge on any atom is -0.440 e. The van der Waals surface area contributed by atoms with Gasteiger partial charge in [0.05, 0.1) is 67.1 Å². The third-order valence-corrected chi connectivity index (χ3v) is 30.1. The Morgan fingerprint density at radius 2 is 0.500 bits per heavy atom. The number of hydrazine groups is 6. The molecule has 6 aromatic carbocycles. The fourth-order valence-electron chi connectivity index (χ4n) is 19.4. The molecule has 0 unspecified atom stereocenters. The topological polar surface area (TPSA) is 386 Å². The molecule has 37 nitrogen and oxygen atoms in total. The van der Waals surface area contributed by atoms with E-state index < -0.39 is 23.3 Å². The van der Waals surface area contributed by atoms with Gasteiger partial charge < -0.3 is 13.3 Å². The minimum absolute atomic E-state index is 0.0229. The Kier molecular flexibility index (Phi) is 25.9. The molecule has 12 saturated heterocycles. The van der Waals surface area contributed by atoms with Crippen molar-refractivity contribution in [1.82, 2.24) is 90.0 Å². The van der Waals surface area contributed by atoms with Crippen molar-refractivity contribution in [3.63, 3.8) is 0 Å². The Balaban J connectivity index is 0.000000109. The fraction of sp³-hybridized carbons (Fsp3) is 0.312. The number of nitrogens with zero attached hydrogens (tertiary/aromatic N) is 30. The highest BCUT2D eigenvalue weighted by Crippen LogP contribution is 2.50. The van der Waals surface area contributed by atoms with Crippen LogP contribution in [0.15, 0.2) is 124 Å². The third-order valence-electron chi connectivity index (χ3n) is 25.8. The molecule has 6 aromatic heterocycles. The van der Waals surface area contributed by atoms with E-state index in [9.17, 15) is 68.3 Å². The SMILES string of the molecule is C=C1N(c2c(Cl)cc(C#N)c3oc(C)nc23)C(=O)N2CCCCN12.C=C1N(c2c(Cl)cc(C#N)c3sc(C)nc23)C(=O)N2CCCCN12.C=C1N(c2c(F)cc(C#N)c3oc(C)nc23)C(=O)N2CCCCN12.C=C1N(c2c(F)cc(C#N)c3oc(C)nc23)C(=S)N2CCCCN12.C=C1N(c2c(F)cc(C#N)c3sc(C)nc23)C(=O)N2CCCCN12.C=C1N(c2c(F)cc(C#N)c3sc(C)nc23)C(=S)N2CCCCN12. The highest BCUT2D eigenvalue weighted by molar-refractivity contribution is 7.80. The number of nitriles is 6. The van der Waals surface area contributed by atoms with Gasteiger partial charge in [-0.1, -0.05) is 62.7 Å². The van der Waals surface area contributed by atoms with Crippen LogP contribution in [-0.2, 0) is 0 Å². The number of halogens is 6. The first-order chi connectivity index (χ1) is 69.1. The molecule has 144 heavy (non-hydrogen) atoms. The van der Waals surface area contributed by atoms with Crippen LogP contribution in [0.25, 0.3) is 63.9 Å². The monoisotopic (exact) mass is 2070 g/mol. The van der Waals surface area contributed by atoms with Crippen LogP contribution in [0.5, 0.6) is 0 Å². The van der Waals surface area contributed by atoms with E-state index in [4.69, 9.17) is 60.9 Å². The van der Waals surface area contributed by atoms with Gasteiger partial charge in [0.15, 0.2) is 57.7 Å². The summed E-state index contributed by atoms with van der Waals surface area (Å²) in [5.74, 6) is 1.78. The molecule has 0 N–H and O–H groups in total. The predicted octanol–water partition coefficient (Wildman–Crippen LogP) is 20.0. The Hall–Kier alpha value is -15.7. The molecule has 8 amide bonds. The molecule has 18 heterocycles. The number of amides is 8. The van der Waals surface area contributed by atoms with Crippen molar-refractivity contribution in [2.24, 2.45) is 0 Å². The number of thiazole rings is 3. The smallest absolute Gasteiger partial charge is 0.349 e. The summed E-state index contributed by atoms with van der Waals surface area (Å²) in [6, 6.07) is 18.8. The van der Waals surface area contributed by atoms with E-state index in [1.54, 1.807) is 73.6 Å². The molecule has 0 aliphatic carbocycles. The van der Waals surface area contributed by atoms with Gasteiger partial charge in [-0.15, -0.1) is 34.0 Å². The summed E-state index contributed by atoms with van der Waals surface area (Å²) in [7, 11) is 0. The van der Waals surface area contributed by atoms with E-state index in [0.29, 0.717) is 172 Å². The maximum atomic E-state index is 14.9. The van der Waals surface area contributed by atoms with Crippen LogP contribution in [-0.4, -0.2) is 203 Å². The summed E-state index contributed by atoms with van der Waals surface area (Å²) in [4.78, 5) is 86.2. The first-order valence-corrected chi connectivity index (χ1v) is 49.6. The molecule has 12 aromatic rings. The van der Waals surface area contributed by atoms with Gasteiger partial charge in [-0.3, -0.25) is 49.9 Å². The average molecular weight is 2080 g/mol. The molecule has 24 rings (SSSR count). The lowest BCUT2D eigenvalue weighted by Crippen LogP contribution is -2.43. The molecule has 0 atom stereocenters. The molecule has 0 bridgehead atoms. The van der Waals surface area contributed by atoms with Crippen molar-refractivity contribution >= 4 is 214 Å². The maximum absolute atomic E-state index is 14.9. The Bertz CT molecular complexity index is 6620. The number of aromatic nitrogens is 6. The number of benzene rings is 6. The van der Waals surface area contributed by atoms with Crippen molar-refractivity contribution in [2.75, 3.05) is 108 Å². The van der Waals surface area contributed by atoms with Gasteiger partial charge >= 0.3 is 24.1 Å². The first kappa shape index (κ1) is 97.2. The number of aryl methyl sites for hydroxylation is 6. The summed E-state index contributed by atoms with van der Waals surface area (Å²) >= 11 is 28.1. The molecular formula is C96H84Cl2F4N30O7S5. The zero-order chi connectivity index (χ0) is 102. The Morgan fingerprint density at radius 3 is 0.785 bits per heavy atom. The Morgan fingerprint density at radius 1 is 0.299 bits per heavy atom.